The summed E-state index contributed by atoms with van der Waals surface area (Å²) in [5, 5.41) is 3.19. The predicted octanol–water partition coefficient (Wildman–Crippen LogP) is 3.06. The minimum absolute atomic E-state index is 0.203. The van der Waals surface area contributed by atoms with Crippen LogP contribution in [0.2, 0.25) is 5.02 Å². The standard InChI is InChI=1S/C10H8BrClFN5/c11-6-2-1-5(13)3-8(6)16-9-7(12)4-15-10(17-9)18-14/h1-4H,14H2,(H2,15,16,17,18). The maximum absolute atomic E-state index is 13.1. The summed E-state index contributed by atoms with van der Waals surface area (Å²) in [5.41, 5.74) is 2.80. The van der Waals surface area contributed by atoms with Crippen LogP contribution in [0.3, 0.4) is 0 Å². The Morgan fingerprint density at radius 3 is 2.89 bits per heavy atom. The maximum Gasteiger partial charge on any atom is 0.239 e. The maximum atomic E-state index is 13.1. The molecule has 8 heteroatoms. The van der Waals surface area contributed by atoms with Gasteiger partial charge >= 0.3 is 0 Å². The number of nitrogens with zero attached hydrogens (tertiary/aromatic N) is 2. The molecule has 0 unspecified atom stereocenters. The minimum Gasteiger partial charge on any atom is -0.338 e. The number of aromatic nitrogens is 2. The van der Waals surface area contributed by atoms with Crippen molar-refractivity contribution in [1.82, 2.24) is 9.97 Å². The Morgan fingerprint density at radius 2 is 2.17 bits per heavy atom. The van der Waals surface area contributed by atoms with Gasteiger partial charge in [-0.2, -0.15) is 4.98 Å². The van der Waals surface area contributed by atoms with Crippen LogP contribution in [0.25, 0.3) is 0 Å². The van der Waals surface area contributed by atoms with Gasteiger partial charge < -0.3 is 5.32 Å². The predicted molar refractivity (Wildman–Crippen MR) is 72.2 cm³/mol. The van der Waals surface area contributed by atoms with Crippen LogP contribution >= 0.6 is 27.5 Å². The fourth-order valence-electron chi connectivity index (χ4n) is 1.25. The van der Waals surface area contributed by atoms with Gasteiger partial charge in [-0.05, 0) is 34.1 Å². The van der Waals surface area contributed by atoms with Crippen LogP contribution in [0.15, 0.2) is 28.9 Å². The van der Waals surface area contributed by atoms with E-state index in [1.54, 1.807) is 6.07 Å². The van der Waals surface area contributed by atoms with Crippen LogP contribution in [0.5, 0.6) is 0 Å². The van der Waals surface area contributed by atoms with Gasteiger partial charge in [0.2, 0.25) is 5.95 Å². The van der Waals surface area contributed by atoms with Gasteiger partial charge in [-0.15, -0.1) is 0 Å². The smallest absolute Gasteiger partial charge is 0.239 e. The number of anilines is 3. The van der Waals surface area contributed by atoms with Crippen molar-refractivity contribution >= 4 is 45.0 Å². The van der Waals surface area contributed by atoms with Crippen molar-refractivity contribution < 1.29 is 4.39 Å². The second-order valence-corrected chi connectivity index (χ2v) is 4.55. The van der Waals surface area contributed by atoms with E-state index in [2.05, 4.69) is 36.6 Å². The molecule has 0 aliphatic carbocycles. The Bertz CT molecular complexity index is 580. The van der Waals surface area contributed by atoms with Crippen molar-refractivity contribution in [3.8, 4) is 0 Å². The van der Waals surface area contributed by atoms with Crippen LogP contribution in [-0.4, -0.2) is 9.97 Å². The highest BCUT2D eigenvalue weighted by molar-refractivity contribution is 9.10. The van der Waals surface area contributed by atoms with Gasteiger partial charge in [0.25, 0.3) is 0 Å². The molecule has 0 bridgehead atoms. The van der Waals surface area contributed by atoms with E-state index in [4.69, 9.17) is 17.4 Å². The van der Waals surface area contributed by atoms with Gasteiger partial charge in [-0.25, -0.2) is 15.2 Å². The molecule has 2 rings (SSSR count). The van der Waals surface area contributed by atoms with E-state index in [1.807, 2.05) is 0 Å². The molecule has 0 aliphatic rings. The molecule has 5 nitrogen and oxygen atoms in total. The molecule has 0 saturated carbocycles. The van der Waals surface area contributed by atoms with Crippen LogP contribution in [0.1, 0.15) is 0 Å². The van der Waals surface area contributed by atoms with E-state index in [0.717, 1.165) is 0 Å². The number of nitrogens with two attached hydrogens (primary N) is 1. The lowest BCUT2D eigenvalue weighted by atomic mass is 10.3. The number of hydrazine groups is 1. The van der Waals surface area contributed by atoms with Gasteiger partial charge in [0.1, 0.15) is 10.8 Å². The molecular weight excluding hydrogens is 324 g/mol. The minimum atomic E-state index is -0.372. The molecule has 0 amide bonds. The number of nitrogen functional groups attached to an aromatic ring is 1. The largest absolute Gasteiger partial charge is 0.338 e. The number of rotatable bonds is 3. The summed E-state index contributed by atoms with van der Waals surface area (Å²) in [7, 11) is 0. The Kier molecular flexibility index (Phi) is 3.95. The molecule has 4 N–H and O–H groups in total. The third-order valence-electron chi connectivity index (χ3n) is 2.05. The Hall–Kier alpha value is -1.44. The lowest BCUT2D eigenvalue weighted by molar-refractivity contribution is 0.628. The first kappa shape index (κ1) is 13.0. The van der Waals surface area contributed by atoms with E-state index in [0.29, 0.717) is 21.0 Å². The molecule has 0 atom stereocenters. The van der Waals surface area contributed by atoms with Crippen LogP contribution in [0, 0.1) is 5.82 Å². The SMILES string of the molecule is NNc1ncc(Cl)c(Nc2cc(F)ccc2Br)n1. The van der Waals surface area contributed by atoms with Crippen molar-refractivity contribution in [2.75, 3.05) is 10.7 Å². The fraction of sp³-hybridized carbons (Fsp3) is 0. The summed E-state index contributed by atoms with van der Waals surface area (Å²) in [5.74, 6) is 5.36. The zero-order chi connectivity index (χ0) is 13.1. The summed E-state index contributed by atoms with van der Waals surface area (Å²) >= 11 is 9.22. The quantitative estimate of drug-likeness (QED) is 0.595. The number of halogens is 3. The molecule has 0 aliphatic heterocycles. The zero-order valence-electron chi connectivity index (χ0n) is 8.92. The molecule has 0 spiro atoms. The highest BCUT2D eigenvalue weighted by atomic mass is 79.9. The third kappa shape index (κ3) is 2.87. The number of benzene rings is 1. The molecule has 18 heavy (non-hydrogen) atoms. The average molecular weight is 333 g/mol. The van der Waals surface area contributed by atoms with E-state index in [1.165, 1.54) is 18.3 Å². The van der Waals surface area contributed by atoms with Crippen molar-refractivity contribution in [1.29, 1.82) is 0 Å². The van der Waals surface area contributed by atoms with E-state index < -0.39 is 0 Å². The van der Waals surface area contributed by atoms with Crippen LogP contribution in [0.4, 0.5) is 21.8 Å². The molecule has 1 aromatic carbocycles. The van der Waals surface area contributed by atoms with Gasteiger partial charge in [0.15, 0.2) is 5.82 Å². The summed E-state index contributed by atoms with van der Waals surface area (Å²) in [6, 6.07) is 4.23. The van der Waals surface area contributed by atoms with E-state index in [9.17, 15) is 4.39 Å². The number of nitrogens with one attached hydrogen (secondary N) is 2. The van der Waals surface area contributed by atoms with Crippen molar-refractivity contribution in [2.45, 2.75) is 0 Å². The highest BCUT2D eigenvalue weighted by Gasteiger charge is 2.08. The first-order valence-electron chi connectivity index (χ1n) is 4.81. The van der Waals surface area contributed by atoms with Gasteiger partial charge in [-0.1, -0.05) is 11.6 Å². The first-order chi connectivity index (χ1) is 8.60. The molecule has 2 aromatic rings. The van der Waals surface area contributed by atoms with Gasteiger partial charge in [-0.3, -0.25) is 5.43 Å². The second kappa shape index (κ2) is 5.47. The average Bonchev–Trinajstić information content (AvgIpc) is 2.36. The summed E-state index contributed by atoms with van der Waals surface area (Å²) in [6.07, 6.45) is 1.39. The molecule has 94 valence electrons. The monoisotopic (exact) mass is 331 g/mol. The third-order valence-corrected chi connectivity index (χ3v) is 3.02. The Morgan fingerprint density at radius 1 is 1.39 bits per heavy atom. The number of hydrogen-bond acceptors (Lipinski definition) is 5. The molecule has 0 saturated heterocycles. The first-order valence-corrected chi connectivity index (χ1v) is 5.98. The van der Waals surface area contributed by atoms with Gasteiger partial charge in [0, 0.05) is 4.47 Å². The van der Waals surface area contributed by atoms with Crippen LogP contribution < -0.4 is 16.6 Å². The molecule has 0 radical (unpaired) electrons. The molecule has 1 heterocycles. The zero-order valence-corrected chi connectivity index (χ0v) is 11.3. The fourth-order valence-corrected chi connectivity index (χ4v) is 1.73. The van der Waals surface area contributed by atoms with Crippen molar-refractivity contribution in [3.05, 3.63) is 39.7 Å². The molecule has 0 fully saturated rings. The summed E-state index contributed by atoms with van der Waals surface area (Å²) in [4.78, 5) is 7.86. The number of hydrogen-bond donors (Lipinski definition) is 3. The topological polar surface area (TPSA) is 75.9 Å². The van der Waals surface area contributed by atoms with Crippen molar-refractivity contribution in [2.24, 2.45) is 5.84 Å². The summed E-state index contributed by atoms with van der Waals surface area (Å²) < 4.78 is 13.8. The van der Waals surface area contributed by atoms with Crippen molar-refractivity contribution in [3.63, 3.8) is 0 Å². The van der Waals surface area contributed by atoms with E-state index >= 15 is 0 Å². The molecular formula is C10H8BrClFN5. The normalized spacial score (nSPS) is 10.2. The van der Waals surface area contributed by atoms with E-state index in [-0.39, 0.29) is 11.8 Å². The summed E-state index contributed by atoms with van der Waals surface area (Å²) in [6.45, 7) is 0. The molecule has 1 aromatic heterocycles. The highest BCUT2D eigenvalue weighted by Crippen LogP contribution is 2.29. The van der Waals surface area contributed by atoms with Crippen LogP contribution in [-0.2, 0) is 0 Å². The Balaban J connectivity index is 2.36. The second-order valence-electron chi connectivity index (χ2n) is 3.28. The lowest BCUT2D eigenvalue weighted by Gasteiger charge is -2.10. The lowest BCUT2D eigenvalue weighted by Crippen LogP contribution is -2.11. The Labute approximate surface area is 116 Å². The van der Waals surface area contributed by atoms with Gasteiger partial charge in [0.05, 0.1) is 11.9 Å².